The highest BCUT2D eigenvalue weighted by Crippen LogP contribution is 2.29. The number of para-hydroxylation sites is 1. The third kappa shape index (κ3) is 6.94. The van der Waals surface area contributed by atoms with Gasteiger partial charge in [0.1, 0.15) is 5.75 Å². The van der Waals surface area contributed by atoms with E-state index in [1.807, 2.05) is 25.1 Å². The molecule has 0 saturated heterocycles. The monoisotopic (exact) mass is 341 g/mol. The van der Waals surface area contributed by atoms with Crippen molar-refractivity contribution in [1.29, 1.82) is 5.41 Å². The molecule has 0 bridgehead atoms. The zero-order valence-corrected chi connectivity index (χ0v) is 13.6. The molecule has 0 fully saturated rings. The second-order valence-electron chi connectivity index (χ2n) is 4.86. The van der Waals surface area contributed by atoms with Crippen LogP contribution < -0.4 is 15.8 Å². The number of hydrogen-bond donors (Lipinski definition) is 4. The molecule has 0 unspecified atom stereocenters. The predicted octanol–water partition coefficient (Wildman–Crippen LogP) is 0.675. The van der Waals surface area contributed by atoms with Crippen molar-refractivity contribution in [1.82, 2.24) is 5.32 Å². The molecule has 9 heteroatoms. The Labute approximate surface area is 134 Å². The number of carbonyl (C=O) groups is 1. The number of aryl methyl sites for hydroxylation is 1. The van der Waals surface area contributed by atoms with Crippen LogP contribution in [0.1, 0.15) is 17.5 Å². The third-order valence-electron chi connectivity index (χ3n) is 2.73. The number of hydrogen-bond acceptors (Lipinski definition) is 5. The molecule has 1 aliphatic heterocycles. The van der Waals surface area contributed by atoms with E-state index in [4.69, 9.17) is 20.4 Å². The van der Waals surface area contributed by atoms with Crippen LogP contribution in [0.25, 0.3) is 6.08 Å². The third-order valence-corrected chi connectivity index (χ3v) is 2.73. The molecule has 1 aromatic rings. The number of nitrogens with one attached hydrogen (secondary N) is 2. The largest absolute Gasteiger partial charge is 0.492 e. The zero-order valence-electron chi connectivity index (χ0n) is 12.8. The van der Waals surface area contributed by atoms with E-state index in [0.29, 0.717) is 24.9 Å². The van der Waals surface area contributed by atoms with Gasteiger partial charge < -0.3 is 10.5 Å². The minimum absolute atomic E-state index is 0.347. The lowest BCUT2D eigenvalue weighted by molar-refractivity contribution is -0.116. The summed E-state index contributed by atoms with van der Waals surface area (Å²) in [5.74, 6) is 0.110. The molecule has 0 atom stereocenters. The van der Waals surface area contributed by atoms with E-state index in [-0.39, 0.29) is 11.9 Å². The van der Waals surface area contributed by atoms with Crippen molar-refractivity contribution in [3.63, 3.8) is 0 Å². The summed E-state index contributed by atoms with van der Waals surface area (Å²) in [6, 6.07) is 5.78. The summed E-state index contributed by atoms with van der Waals surface area (Å²) in [6.07, 6.45) is 2.99. The lowest BCUT2D eigenvalue weighted by atomic mass is 10.1. The minimum atomic E-state index is -3.67. The fourth-order valence-electron chi connectivity index (χ4n) is 1.89. The molecule has 0 aliphatic carbocycles. The van der Waals surface area contributed by atoms with Gasteiger partial charge in [0.2, 0.25) is 0 Å². The molecule has 1 heterocycles. The van der Waals surface area contributed by atoms with Crippen LogP contribution in [-0.2, 0) is 14.9 Å². The molecule has 2 rings (SSSR count). The number of rotatable bonds is 1. The number of guanidine groups is 1. The highest BCUT2D eigenvalue weighted by Gasteiger charge is 2.16. The lowest BCUT2D eigenvalue weighted by Gasteiger charge is -2.08. The summed E-state index contributed by atoms with van der Waals surface area (Å²) in [6.45, 7) is 2.41. The van der Waals surface area contributed by atoms with E-state index in [2.05, 4.69) is 5.32 Å². The molecule has 0 aromatic heterocycles. The topological polar surface area (TPSA) is 143 Å². The Morgan fingerprint density at radius 1 is 1.43 bits per heavy atom. The first-order valence-electron chi connectivity index (χ1n) is 6.58. The molecule has 1 aliphatic rings. The molecule has 0 spiro atoms. The fraction of sp³-hybridized carbons (Fsp3) is 0.286. The normalized spacial score (nSPS) is 13.3. The standard InChI is InChI=1S/C13H15N3O2.CH4O3S/c1-8-3-2-4-9-7-10(5-6-18-11(8)9)12(17)16-13(14)15;1-5(2,3)4/h2-4,7H,5-6H2,1H3,(H4,14,15,16,17);1H3,(H,2,3,4). The Morgan fingerprint density at radius 2 is 2.04 bits per heavy atom. The summed E-state index contributed by atoms with van der Waals surface area (Å²) < 4.78 is 31.5. The summed E-state index contributed by atoms with van der Waals surface area (Å²) >= 11 is 0. The van der Waals surface area contributed by atoms with Gasteiger partial charge in [-0.3, -0.25) is 20.1 Å². The van der Waals surface area contributed by atoms with Gasteiger partial charge >= 0.3 is 0 Å². The van der Waals surface area contributed by atoms with Gasteiger partial charge in [-0.15, -0.1) is 0 Å². The van der Waals surface area contributed by atoms with Crippen LogP contribution in [0, 0.1) is 12.3 Å². The molecule has 5 N–H and O–H groups in total. The Balaban J connectivity index is 0.000000463. The Kier molecular flexibility index (Phi) is 6.28. The molecular weight excluding hydrogens is 322 g/mol. The maximum Gasteiger partial charge on any atom is 0.261 e. The summed E-state index contributed by atoms with van der Waals surface area (Å²) in [5.41, 5.74) is 7.63. The number of benzene rings is 1. The van der Waals surface area contributed by atoms with Crippen LogP contribution in [0.15, 0.2) is 23.8 Å². The van der Waals surface area contributed by atoms with E-state index >= 15 is 0 Å². The van der Waals surface area contributed by atoms with Gasteiger partial charge in [-0.05, 0) is 18.6 Å². The molecule has 23 heavy (non-hydrogen) atoms. The predicted molar refractivity (Wildman–Crippen MR) is 86.8 cm³/mol. The van der Waals surface area contributed by atoms with Gasteiger partial charge in [-0.2, -0.15) is 8.42 Å². The molecule has 1 amide bonds. The van der Waals surface area contributed by atoms with Crippen molar-refractivity contribution in [2.75, 3.05) is 12.9 Å². The van der Waals surface area contributed by atoms with Crippen molar-refractivity contribution >= 4 is 28.1 Å². The second-order valence-corrected chi connectivity index (χ2v) is 6.33. The Morgan fingerprint density at radius 3 is 2.61 bits per heavy atom. The van der Waals surface area contributed by atoms with E-state index in [0.717, 1.165) is 16.9 Å². The van der Waals surface area contributed by atoms with Crippen LogP contribution in [0.4, 0.5) is 0 Å². The molecule has 8 nitrogen and oxygen atoms in total. The molecule has 0 saturated carbocycles. The SMILES string of the molecule is CS(=O)(=O)O.Cc1cccc2c1OCCC(C(=O)NC(=N)N)=C2. The van der Waals surface area contributed by atoms with Crippen molar-refractivity contribution in [3.05, 3.63) is 34.9 Å². The first kappa shape index (κ1) is 18.7. The fourth-order valence-corrected chi connectivity index (χ4v) is 1.89. The molecule has 0 radical (unpaired) electrons. The van der Waals surface area contributed by atoms with E-state index < -0.39 is 10.1 Å². The quantitative estimate of drug-likeness (QED) is 0.336. The average Bonchev–Trinajstić information content (AvgIpc) is 2.59. The van der Waals surface area contributed by atoms with E-state index in [9.17, 15) is 13.2 Å². The number of ether oxygens (including phenoxy) is 1. The smallest absolute Gasteiger partial charge is 0.261 e. The Bertz CT molecular complexity index is 733. The maximum absolute atomic E-state index is 11.8. The average molecular weight is 341 g/mol. The summed E-state index contributed by atoms with van der Waals surface area (Å²) in [5, 5.41) is 9.35. The minimum Gasteiger partial charge on any atom is -0.492 e. The van der Waals surface area contributed by atoms with Gasteiger partial charge in [0.15, 0.2) is 5.96 Å². The van der Waals surface area contributed by atoms with Crippen LogP contribution in [-0.4, -0.2) is 37.7 Å². The van der Waals surface area contributed by atoms with Crippen LogP contribution in [0.2, 0.25) is 0 Å². The lowest BCUT2D eigenvalue weighted by Crippen LogP contribution is -2.36. The highest BCUT2D eigenvalue weighted by molar-refractivity contribution is 7.85. The van der Waals surface area contributed by atoms with Crippen LogP contribution in [0.3, 0.4) is 0 Å². The summed E-state index contributed by atoms with van der Waals surface area (Å²) in [7, 11) is -3.67. The van der Waals surface area contributed by atoms with Gasteiger partial charge in [0, 0.05) is 17.6 Å². The van der Waals surface area contributed by atoms with Gasteiger partial charge in [-0.25, -0.2) is 0 Å². The zero-order chi connectivity index (χ0) is 17.6. The van der Waals surface area contributed by atoms with Crippen LogP contribution in [0.5, 0.6) is 5.75 Å². The second kappa shape index (κ2) is 7.75. The molecule has 126 valence electrons. The van der Waals surface area contributed by atoms with Crippen molar-refractivity contribution in [2.24, 2.45) is 5.73 Å². The van der Waals surface area contributed by atoms with E-state index in [1.54, 1.807) is 6.08 Å². The molecule has 1 aromatic carbocycles. The number of amides is 1. The van der Waals surface area contributed by atoms with Crippen molar-refractivity contribution in [3.8, 4) is 5.75 Å². The van der Waals surface area contributed by atoms with Crippen molar-refractivity contribution in [2.45, 2.75) is 13.3 Å². The van der Waals surface area contributed by atoms with Gasteiger partial charge in [-0.1, -0.05) is 18.2 Å². The van der Waals surface area contributed by atoms with Crippen LogP contribution >= 0.6 is 0 Å². The van der Waals surface area contributed by atoms with Crippen molar-refractivity contribution < 1.29 is 22.5 Å². The first-order valence-corrected chi connectivity index (χ1v) is 8.43. The van der Waals surface area contributed by atoms with Gasteiger partial charge in [0.05, 0.1) is 12.9 Å². The number of carbonyl (C=O) groups excluding carboxylic acids is 1. The summed E-state index contributed by atoms with van der Waals surface area (Å²) in [4.78, 5) is 11.8. The molecular formula is C14H19N3O5S. The number of nitrogens with two attached hydrogens (primary N) is 1. The number of fused-ring (bicyclic) bond motifs is 1. The first-order chi connectivity index (χ1) is 10.6. The maximum atomic E-state index is 11.8. The van der Waals surface area contributed by atoms with E-state index in [1.165, 1.54) is 0 Å². The highest BCUT2D eigenvalue weighted by atomic mass is 32.2. The Hall–Kier alpha value is -2.39. The van der Waals surface area contributed by atoms with Gasteiger partial charge in [0.25, 0.3) is 16.0 Å².